The summed E-state index contributed by atoms with van der Waals surface area (Å²) in [5, 5.41) is 0. The first-order chi connectivity index (χ1) is 8.19. The van der Waals surface area contributed by atoms with Crippen molar-refractivity contribution in [1.82, 2.24) is 0 Å². The second-order valence-electron chi connectivity index (χ2n) is 4.40. The van der Waals surface area contributed by atoms with Gasteiger partial charge >= 0.3 is 0 Å². The smallest absolute Gasteiger partial charge is 0.0200 e. The van der Waals surface area contributed by atoms with Crippen LogP contribution in [0.1, 0.15) is 32.8 Å². The number of thioether (sulfide) groups is 2. The molecule has 0 spiro atoms. The van der Waals surface area contributed by atoms with Gasteiger partial charge in [-0.3, -0.25) is 0 Å². The zero-order valence-corrected chi connectivity index (χ0v) is 12.7. The number of benzene rings is 1. The van der Waals surface area contributed by atoms with Crippen LogP contribution in [0, 0.1) is 5.92 Å². The van der Waals surface area contributed by atoms with Gasteiger partial charge in [0, 0.05) is 16.3 Å². The summed E-state index contributed by atoms with van der Waals surface area (Å²) in [4.78, 5) is 2.72. The van der Waals surface area contributed by atoms with Crippen LogP contribution in [0.4, 0.5) is 0 Å². The SMILES string of the molecule is CCSc1cccc(SCCC(C)C)c1CN. The van der Waals surface area contributed by atoms with Gasteiger partial charge < -0.3 is 5.73 Å². The van der Waals surface area contributed by atoms with Crippen molar-refractivity contribution in [2.75, 3.05) is 11.5 Å². The average molecular weight is 269 g/mol. The highest BCUT2D eigenvalue weighted by atomic mass is 32.2. The molecular formula is C14H23NS2. The first-order valence-corrected chi connectivity index (χ1v) is 8.23. The summed E-state index contributed by atoms with van der Waals surface area (Å²) in [6, 6.07) is 6.53. The number of rotatable bonds is 7. The first-order valence-electron chi connectivity index (χ1n) is 6.26. The van der Waals surface area contributed by atoms with E-state index in [0.717, 1.165) is 11.7 Å². The minimum absolute atomic E-state index is 0.646. The van der Waals surface area contributed by atoms with Crippen molar-refractivity contribution in [2.24, 2.45) is 11.7 Å². The van der Waals surface area contributed by atoms with Gasteiger partial charge in [0.1, 0.15) is 0 Å². The van der Waals surface area contributed by atoms with Crippen molar-refractivity contribution >= 4 is 23.5 Å². The molecule has 0 amide bonds. The summed E-state index contributed by atoms with van der Waals surface area (Å²) in [6.45, 7) is 7.37. The van der Waals surface area contributed by atoms with E-state index < -0.39 is 0 Å². The van der Waals surface area contributed by atoms with E-state index >= 15 is 0 Å². The van der Waals surface area contributed by atoms with E-state index in [1.165, 1.54) is 27.5 Å². The Morgan fingerprint density at radius 1 is 1.18 bits per heavy atom. The molecule has 1 aromatic carbocycles. The predicted molar refractivity (Wildman–Crippen MR) is 80.9 cm³/mol. The second kappa shape index (κ2) is 8.06. The monoisotopic (exact) mass is 269 g/mol. The molecule has 0 aliphatic carbocycles. The molecule has 96 valence electrons. The lowest BCUT2D eigenvalue weighted by atomic mass is 10.2. The molecule has 0 radical (unpaired) electrons. The van der Waals surface area contributed by atoms with Crippen LogP contribution in [-0.4, -0.2) is 11.5 Å². The van der Waals surface area contributed by atoms with E-state index in [1.807, 2.05) is 23.5 Å². The lowest BCUT2D eigenvalue weighted by molar-refractivity contribution is 0.632. The fourth-order valence-corrected chi connectivity index (χ4v) is 3.85. The van der Waals surface area contributed by atoms with Crippen LogP contribution in [0.2, 0.25) is 0 Å². The summed E-state index contributed by atoms with van der Waals surface area (Å²) in [5.41, 5.74) is 7.21. The van der Waals surface area contributed by atoms with Gasteiger partial charge in [-0.15, -0.1) is 23.5 Å². The topological polar surface area (TPSA) is 26.0 Å². The van der Waals surface area contributed by atoms with Gasteiger partial charge in [-0.25, -0.2) is 0 Å². The third-order valence-electron chi connectivity index (χ3n) is 2.55. The highest BCUT2D eigenvalue weighted by molar-refractivity contribution is 8.00. The molecule has 2 N–H and O–H groups in total. The van der Waals surface area contributed by atoms with Gasteiger partial charge in [-0.1, -0.05) is 26.8 Å². The number of hydrogen-bond acceptors (Lipinski definition) is 3. The summed E-state index contributed by atoms with van der Waals surface area (Å²) >= 11 is 3.83. The van der Waals surface area contributed by atoms with Crippen LogP contribution in [0.3, 0.4) is 0 Å². The zero-order chi connectivity index (χ0) is 12.7. The van der Waals surface area contributed by atoms with Crippen molar-refractivity contribution in [3.05, 3.63) is 23.8 Å². The summed E-state index contributed by atoms with van der Waals surface area (Å²) in [5.74, 6) is 3.06. The molecule has 0 aliphatic heterocycles. The maximum absolute atomic E-state index is 5.89. The molecule has 17 heavy (non-hydrogen) atoms. The Labute approximate surface area is 114 Å². The number of nitrogens with two attached hydrogens (primary N) is 1. The normalized spacial score (nSPS) is 11.1. The van der Waals surface area contributed by atoms with Gasteiger partial charge in [0.2, 0.25) is 0 Å². The first kappa shape index (κ1) is 14.9. The van der Waals surface area contributed by atoms with E-state index in [1.54, 1.807) is 0 Å². The van der Waals surface area contributed by atoms with E-state index in [0.29, 0.717) is 6.54 Å². The summed E-state index contributed by atoms with van der Waals surface area (Å²) in [7, 11) is 0. The molecule has 0 unspecified atom stereocenters. The maximum Gasteiger partial charge on any atom is 0.0200 e. The molecular weight excluding hydrogens is 246 g/mol. The average Bonchev–Trinajstić information content (AvgIpc) is 2.29. The fraction of sp³-hybridized carbons (Fsp3) is 0.571. The minimum atomic E-state index is 0.646. The van der Waals surface area contributed by atoms with Crippen molar-refractivity contribution in [2.45, 2.75) is 43.5 Å². The molecule has 0 atom stereocenters. The molecule has 1 rings (SSSR count). The predicted octanol–water partition coefficient (Wildman–Crippen LogP) is 4.40. The zero-order valence-electron chi connectivity index (χ0n) is 11.0. The van der Waals surface area contributed by atoms with Crippen molar-refractivity contribution in [3.8, 4) is 0 Å². The highest BCUT2D eigenvalue weighted by Crippen LogP contribution is 2.31. The van der Waals surface area contributed by atoms with Crippen LogP contribution >= 0.6 is 23.5 Å². The number of hydrogen-bond donors (Lipinski definition) is 1. The van der Waals surface area contributed by atoms with E-state index in [9.17, 15) is 0 Å². The lowest BCUT2D eigenvalue weighted by Crippen LogP contribution is -2.01. The third kappa shape index (κ3) is 4.94. The Morgan fingerprint density at radius 3 is 2.35 bits per heavy atom. The van der Waals surface area contributed by atoms with Crippen LogP contribution < -0.4 is 5.73 Å². The third-order valence-corrected chi connectivity index (χ3v) is 4.66. The van der Waals surface area contributed by atoms with E-state index in [4.69, 9.17) is 5.73 Å². The second-order valence-corrected chi connectivity index (χ2v) is 6.84. The molecule has 0 aliphatic rings. The van der Waals surface area contributed by atoms with Crippen LogP contribution in [0.15, 0.2) is 28.0 Å². The quantitative estimate of drug-likeness (QED) is 0.743. The van der Waals surface area contributed by atoms with Gasteiger partial charge in [0.05, 0.1) is 0 Å². The van der Waals surface area contributed by atoms with Crippen molar-refractivity contribution in [1.29, 1.82) is 0 Å². The Morgan fingerprint density at radius 2 is 1.82 bits per heavy atom. The maximum atomic E-state index is 5.89. The molecule has 0 aromatic heterocycles. The van der Waals surface area contributed by atoms with Crippen LogP contribution in [0.5, 0.6) is 0 Å². The van der Waals surface area contributed by atoms with Crippen molar-refractivity contribution in [3.63, 3.8) is 0 Å². The highest BCUT2D eigenvalue weighted by Gasteiger charge is 2.07. The molecule has 0 saturated heterocycles. The Balaban J connectivity index is 2.73. The summed E-state index contributed by atoms with van der Waals surface area (Å²) in [6.07, 6.45) is 1.26. The van der Waals surface area contributed by atoms with E-state index in [2.05, 4.69) is 39.0 Å². The molecule has 0 saturated carbocycles. The molecule has 0 heterocycles. The van der Waals surface area contributed by atoms with Crippen LogP contribution in [0.25, 0.3) is 0 Å². The lowest BCUT2D eigenvalue weighted by Gasteiger charge is -2.12. The van der Waals surface area contributed by atoms with Crippen molar-refractivity contribution < 1.29 is 0 Å². The van der Waals surface area contributed by atoms with Crippen LogP contribution in [-0.2, 0) is 6.54 Å². The largest absolute Gasteiger partial charge is 0.326 e. The summed E-state index contributed by atoms with van der Waals surface area (Å²) < 4.78 is 0. The van der Waals surface area contributed by atoms with Gasteiger partial charge in [0.15, 0.2) is 0 Å². The Kier molecular flexibility index (Phi) is 7.09. The Hall–Kier alpha value is -0.120. The standard InChI is InChI=1S/C14H23NS2/c1-4-16-13-6-5-7-14(12(13)10-15)17-9-8-11(2)3/h5-7,11H,4,8-10,15H2,1-3H3. The fourth-order valence-electron chi connectivity index (χ4n) is 1.58. The van der Waals surface area contributed by atoms with Gasteiger partial charge in [-0.05, 0) is 41.5 Å². The molecule has 3 heteroatoms. The molecule has 0 bridgehead atoms. The van der Waals surface area contributed by atoms with E-state index in [-0.39, 0.29) is 0 Å². The van der Waals surface area contributed by atoms with Gasteiger partial charge in [0.25, 0.3) is 0 Å². The molecule has 1 nitrogen and oxygen atoms in total. The molecule has 1 aromatic rings. The van der Waals surface area contributed by atoms with Gasteiger partial charge in [-0.2, -0.15) is 0 Å². The molecule has 0 fully saturated rings. The Bertz CT molecular complexity index is 337. The minimum Gasteiger partial charge on any atom is -0.326 e.